The summed E-state index contributed by atoms with van der Waals surface area (Å²) in [4.78, 5) is 21.8. The molecule has 210 valence electrons. The van der Waals surface area contributed by atoms with Crippen LogP contribution in [0.15, 0.2) is 11.6 Å². The Balaban J connectivity index is 0.000000747. The van der Waals surface area contributed by atoms with Crippen molar-refractivity contribution < 1.29 is 24.9 Å². The van der Waals surface area contributed by atoms with Crippen molar-refractivity contribution in [2.45, 2.75) is 126 Å². The Hall–Kier alpha value is -1.36. The number of fused-ring (bicyclic) bond motifs is 7. The normalized spacial score (nSPS) is 47.4. The van der Waals surface area contributed by atoms with Gasteiger partial charge in [-0.1, -0.05) is 60.1 Å². The zero-order chi connectivity index (χ0) is 27.8. The molecule has 1 unspecified atom stereocenters. The van der Waals surface area contributed by atoms with Crippen molar-refractivity contribution in [2.75, 3.05) is 0 Å². The molecule has 0 radical (unpaired) electrons. The average Bonchev–Trinajstić information content (AvgIpc) is 2.76. The van der Waals surface area contributed by atoms with Gasteiger partial charge in [0, 0.05) is 6.92 Å². The Morgan fingerprint density at radius 3 is 2.03 bits per heavy atom. The highest BCUT2D eigenvalue weighted by Crippen LogP contribution is 2.75. The molecule has 5 heteroatoms. The first-order valence-corrected chi connectivity index (χ1v) is 14.7. The largest absolute Gasteiger partial charge is 0.481 e. The Bertz CT molecular complexity index is 976. The third-order valence-corrected chi connectivity index (χ3v) is 13.0. The number of rotatable bonds is 1. The third kappa shape index (κ3) is 4.03. The molecular weight excluding hydrogens is 464 g/mol. The zero-order valence-electron chi connectivity index (χ0n) is 24.6. The maximum atomic E-state index is 12.8. The van der Waals surface area contributed by atoms with Crippen LogP contribution in [0, 0.1) is 50.2 Å². The molecule has 5 aliphatic rings. The van der Waals surface area contributed by atoms with E-state index in [4.69, 9.17) is 9.90 Å². The van der Waals surface area contributed by atoms with Crippen LogP contribution in [0.1, 0.15) is 120 Å². The van der Waals surface area contributed by atoms with Crippen molar-refractivity contribution in [1.82, 2.24) is 0 Å². The number of allylic oxidation sites excluding steroid dienone is 2. The first-order chi connectivity index (χ1) is 16.9. The Labute approximate surface area is 224 Å². The number of aliphatic hydroxyl groups excluding tert-OH is 1. The van der Waals surface area contributed by atoms with Gasteiger partial charge in [0.1, 0.15) is 0 Å². The predicted octanol–water partition coefficient (Wildman–Crippen LogP) is 7.32. The van der Waals surface area contributed by atoms with Crippen LogP contribution < -0.4 is 0 Å². The maximum Gasteiger partial charge on any atom is 0.310 e. The van der Waals surface area contributed by atoms with E-state index in [1.165, 1.54) is 18.4 Å². The third-order valence-electron chi connectivity index (χ3n) is 13.0. The molecule has 8 atom stereocenters. The predicted molar refractivity (Wildman–Crippen MR) is 146 cm³/mol. The van der Waals surface area contributed by atoms with Gasteiger partial charge in [0.05, 0.1) is 11.5 Å². The molecule has 5 rings (SSSR count). The Morgan fingerprint density at radius 1 is 0.838 bits per heavy atom. The molecule has 0 aromatic rings. The monoisotopic (exact) mass is 516 g/mol. The van der Waals surface area contributed by atoms with Crippen molar-refractivity contribution in [2.24, 2.45) is 50.2 Å². The minimum Gasteiger partial charge on any atom is -0.481 e. The van der Waals surface area contributed by atoms with Gasteiger partial charge in [-0.15, -0.1) is 0 Å². The lowest BCUT2D eigenvalue weighted by Crippen LogP contribution is -2.65. The van der Waals surface area contributed by atoms with E-state index in [9.17, 15) is 15.0 Å². The van der Waals surface area contributed by atoms with Gasteiger partial charge >= 0.3 is 5.97 Å². The van der Waals surface area contributed by atoms with E-state index in [1.807, 2.05) is 0 Å². The molecule has 0 heterocycles. The van der Waals surface area contributed by atoms with Gasteiger partial charge < -0.3 is 15.3 Å². The van der Waals surface area contributed by atoms with Crippen LogP contribution in [0.5, 0.6) is 0 Å². The van der Waals surface area contributed by atoms with Gasteiger partial charge in [-0.2, -0.15) is 0 Å². The van der Waals surface area contributed by atoms with Crippen molar-refractivity contribution in [1.29, 1.82) is 0 Å². The van der Waals surface area contributed by atoms with Crippen molar-refractivity contribution in [3.05, 3.63) is 11.6 Å². The van der Waals surface area contributed by atoms with Crippen molar-refractivity contribution in [3.8, 4) is 0 Å². The van der Waals surface area contributed by atoms with Crippen LogP contribution in [0.25, 0.3) is 0 Å². The number of aliphatic hydroxyl groups is 1. The lowest BCUT2D eigenvalue weighted by Gasteiger charge is -2.71. The maximum absolute atomic E-state index is 12.8. The van der Waals surface area contributed by atoms with Crippen LogP contribution in [0.2, 0.25) is 0 Å². The van der Waals surface area contributed by atoms with Gasteiger partial charge in [-0.25, -0.2) is 0 Å². The van der Waals surface area contributed by atoms with Crippen LogP contribution in [-0.2, 0) is 9.59 Å². The molecule has 0 spiro atoms. The standard InChI is InChI=1S/C30H48O3.C2H4O2/c1-25(2)14-16-30(24(32)33)17-15-28(6)19(20(30)18-25)8-9-22-27(5)12-11-23(31)26(3,4)21(27)10-13-29(22,28)7;1-2(3)4/h8,20-23,31H,9-18H2,1-7H3,(H,32,33);1H3,(H,3,4)/t20-,21-,22?,23-,27-,28+,29+,30-;/m0./s1. The van der Waals surface area contributed by atoms with Crippen molar-refractivity contribution >= 4 is 11.9 Å². The summed E-state index contributed by atoms with van der Waals surface area (Å²) < 4.78 is 0. The summed E-state index contributed by atoms with van der Waals surface area (Å²) in [6, 6.07) is 0. The number of carboxylic acid groups (broad SMARTS) is 2. The number of carboxylic acids is 2. The molecular formula is C32H52O5. The summed E-state index contributed by atoms with van der Waals surface area (Å²) in [5, 5.41) is 28.8. The van der Waals surface area contributed by atoms with Crippen LogP contribution in [-0.4, -0.2) is 33.4 Å². The summed E-state index contributed by atoms with van der Waals surface area (Å²) in [5.74, 6) is -0.0266. The minimum absolute atomic E-state index is 0.0301. The second kappa shape index (κ2) is 8.83. The molecule has 4 saturated carbocycles. The lowest BCUT2D eigenvalue weighted by molar-refractivity contribution is -0.205. The highest BCUT2D eigenvalue weighted by molar-refractivity contribution is 5.76. The second-order valence-electron chi connectivity index (χ2n) is 15.6. The highest BCUT2D eigenvalue weighted by Gasteiger charge is 2.69. The van der Waals surface area contributed by atoms with Gasteiger partial charge in [-0.05, 0) is 109 Å². The smallest absolute Gasteiger partial charge is 0.310 e. The van der Waals surface area contributed by atoms with Gasteiger partial charge in [0.25, 0.3) is 5.97 Å². The molecule has 4 fully saturated rings. The van der Waals surface area contributed by atoms with Gasteiger partial charge in [0.15, 0.2) is 0 Å². The molecule has 0 amide bonds. The van der Waals surface area contributed by atoms with E-state index in [0.717, 1.165) is 58.3 Å². The quantitative estimate of drug-likeness (QED) is 0.317. The first-order valence-electron chi connectivity index (χ1n) is 14.7. The van der Waals surface area contributed by atoms with E-state index in [1.54, 1.807) is 0 Å². The Kier molecular flexibility index (Phi) is 6.83. The van der Waals surface area contributed by atoms with Gasteiger partial charge in [0.2, 0.25) is 0 Å². The molecule has 0 aromatic carbocycles. The first kappa shape index (κ1) is 28.6. The second-order valence-corrected chi connectivity index (χ2v) is 15.6. The molecule has 5 nitrogen and oxygen atoms in total. The summed E-state index contributed by atoms with van der Waals surface area (Å²) in [6.45, 7) is 18.0. The fourth-order valence-corrected chi connectivity index (χ4v) is 10.6. The molecule has 3 N–H and O–H groups in total. The van der Waals surface area contributed by atoms with Crippen LogP contribution >= 0.6 is 0 Å². The zero-order valence-corrected chi connectivity index (χ0v) is 24.6. The average molecular weight is 517 g/mol. The molecule has 0 bridgehead atoms. The molecule has 5 aliphatic carbocycles. The van der Waals surface area contributed by atoms with E-state index in [-0.39, 0.29) is 39.1 Å². The summed E-state index contributed by atoms with van der Waals surface area (Å²) in [6.07, 6.45) is 12.6. The van der Waals surface area contributed by atoms with E-state index in [2.05, 4.69) is 54.5 Å². The lowest BCUT2D eigenvalue weighted by atomic mass is 9.33. The minimum atomic E-state index is -0.833. The summed E-state index contributed by atoms with van der Waals surface area (Å²) in [5.41, 5.74) is 1.68. The fraction of sp³-hybridized carbons (Fsp3) is 0.875. The molecule has 0 aliphatic heterocycles. The summed E-state index contributed by atoms with van der Waals surface area (Å²) >= 11 is 0. The highest BCUT2D eigenvalue weighted by atomic mass is 16.4. The number of aliphatic carboxylic acids is 2. The number of carbonyl (C=O) groups is 2. The topological polar surface area (TPSA) is 94.8 Å². The van der Waals surface area contributed by atoms with E-state index in [0.29, 0.717) is 11.8 Å². The van der Waals surface area contributed by atoms with Crippen molar-refractivity contribution in [3.63, 3.8) is 0 Å². The number of hydrogen-bond donors (Lipinski definition) is 3. The molecule has 0 saturated heterocycles. The van der Waals surface area contributed by atoms with Gasteiger partial charge in [-0.3, -0.25) is 9.59 Å². The van der Waals surface area contributed by atoms with E-state index >= 15 is 0 Å². The van der Waals surface area contributed by atoms with Crippen LogP contribution in [0.4, 0.5) is 0 Å². The number of hydrogen-bond acceptors (Lipinski definition) is 3. The molecule has 0 aromatic heterocycles. The SMILES string of the molecule is CC(=O)O.CC1(C)CC[C@]2(C(=O)O)CC[C@]3(C)C(=CCC4[C@@]5(C)CC[C@H](O)C(C)(C)[C@@H]5CC[C@]43C)[C@@H]2C1. The Morgan fingerprint density at radius 2 is 1.43 bits per heavy atom. The van der Waals surface area contributed by atoms with Crippen LogP contribution in [0.3, 0.4) is 0 Å². The summed E-state index contributed by atoms with van der Waals surface area (Å²) in [7, 11) is 0. The fourth-order valence-electron chi connectivity index (χ4n) is 10.6. The van der Waals surface area contributed by atoms with E-state index < -0.39 is 17.4 Å². The molecule has 37 heavy (non-hydrogen) atoms.